The lowest BCUT2D eigenvalue weighted by Gasteiger charge is -2.32. The first-order valence-corrected chi connectivity index (χ1v) is 11.2. The largest absolute Gasteiger partial charge is 0.325 e. The molecule has 0 unspecified atom stereocenters. The first-order chi connectivity index (χ1) is 15.0. The maximum Gasteiger partial charge on any atom is 0.257 e. The van der Waals surface area contributed by atoms with Crippen molar-refractivity contribution in [2.24, 2.45) is 5.41 Å². The third-order valence-electron chi connectivity index (χ3n) is 7.16. The minimum atomic E-state index is -0.260. The standard InChI is InChI=1S/C25H26FN5/c1-16-28-29-24-27-23(20-15-18(26)8-9-22(20)31(16)24)30-14-4-6-19-17(5-3-7-21(19)30)10-11-25(2)12-13-25/h3,5,7-9,15H,4,6,10-14H2,1-2H3. The topological polar surface area (TPSA) is 46.3 Å². The van der Waals surface area contributed by atoms with E-state index < -0.39 is 0 Å². The van der Waals surface area contributed by atoms with Gasteiger partial charge in [0, 0.05) is 17.6 Å². The van der Waals surface area contributed by atoms with Gasteiger partial charge in [0.1, 0.15) is 17.5 Å². The van der Waals surface area contributed by atoms with Crippen LogP contribution in [0.4, 0.5) is 15.9 Å². The lowest BCUT2D eigenvalue weighted by Crippen LogP contribution is -2.26. The summed E-state index contributed by atoms with van der Waals surface area (Å²) in [7, 11) is 0. The van der Waals surface area contributed by atoms with Crippen molar-refractivity contribution in [3.8, 4) is 0 Å². The predicted octanol–water partition coefficient (Wildman–Crippen LogP) is 5.54. The van der Waals surface area contributed by atoms with Crippen LogP contribution < -0.4 is 4.90 Å². The second-order valence-electron chi connectivity index (χ2n) is 9.46. The van der Waals surface area contributed by atoms with Crippen molar-refractivity contribution in [1.82, 2.24) is 19.6 Å². The maximum absolute atomic E-state index is 14.3. The fraction of sp³-hybridized carbons (Fsp3) is 0.400. The Hall–Kier alpha value is -3.02. The monoisotopic (exact) mass is 415 g/mol. The molecule has 2 aromatic carbocycles. The highest BCUT2D eigenvalue weighted by Gasteiger charge is 2.36. The predicted molar refractivity (Wildman–Crippen MR) is 120 cm³/mol. The van der Waals surface area contributed by atoms with E-state index in [1.54, 1.807) is 12.1 Å². The van der Waals surface area contributed by atoms with Crippen molar-refractivity contribution in [2.45, 2.75) is 52.4 Å². The molecule has 1 saturated carbocycles. The Balaban J connectivity index is 1.51. The van der Waals surface area contributed by atoms with Crippen molar-refractivity contribution in [2.75, 3.05) is 11.4 Å². The molecule has 0 saturated heterocycles. The first-order valence-electron chi connectivity index (χ1n) is 11.2. The maximum atomic E-state index is 14.3. The molecule has 0 atom stereocenters. The number of fused-ring (bicyclic) bond motifs is 4. The number of halogens is 1. The normalized spacial score (nSPS) is 17.3. The fourth-order valence-electron chi connectivity index (χ4n) is 5.00. The van der Waals surface area contributed by atoms with Gasteiger partial charge in [-0.15, -0.1) is 10.2 Å². The molecule has 2 aliphatic rings. The summed E-state index contributed by atoms with van der Waals surface area (Å²) in [6, 6.07) is 11.5. The number of hydrogen-bond acceptors (Lipinski definition) is 4. The summed E-state index contributed by atoms with van der Waals surface area (Å²) in [6.45, 7) is 5.15. The number of rotatable bonds is 4. The van der Waals surface area contributed by atoms with Crippen LogP contribution in [0.1, 0.15) is 49.6 Å². The summed E-state index contributed by atoms with van der Waals surface area (Å²) in [5.74, 6) is 1.81. The highest BCUT2D eigenvalue weighted by molar-refractivity contribution is 5.94. The van der Waals surface area contributed by atoms with Crippen LogP contribution in [-0.4, -0.2) is 26.1 Å². The van der Waals surface area contributed by atoms with Crippen LogP contribution in [0, 0.1) is 18.2 Å². The molecule has 5 nitrogen and oxygen atoms in total. The number of benzene rings is 2. The number of nitrogens with zero attached hydrogens (tertiary/aromatic N) is 5. The van der Waals surface area contributed by atoms with Crippen LogP contribution >= 0.6 is 0 Å². The second kappa shape index (κ2) is 6.74. The summed E-state index contributed by atoms with van der Waals surface area (Å²) in [6.07, 6.45) is 7.22. The molecule has 0 N–H and O–H groups in total. The molecule has 1 aliphatic carbocycles. The summed E-state index contributed by atoms with van der Waals surface area (Å²) in [5, 5.41) is 9.26. The van der Waals surface area contributed by atoms with E-state index in [2.05, 4.69) is 40.2 Å². The van der Waals surface area contributed by atoms with Gasteiger partial charge in [-0.05, 0) is 86.3 Å². The SMILES string of the molecule is Cc1nnc2nc(N3CCCc4c(CCC5(C)CC5)cccc43)c3cc(F)ccc3n12. The van der Waals surface area contributed by atoms with E-state index in [4.69, 9.17) is 4.98 Å². The molecule has 0 bridgehead atoms. The van der Waals surface area contributed by atoms with Crippen molar-refractivity contribution < 1.29 is 4.39 Å². The van der Waals surface area contributed by atoms with Gasteiger partial charge >= 0.3 is 0 Å². The van der Waals surface area contributed by atoms with E-state index in [1.807, 2.05) is 11.3 Å². The van der Waals surface area contributed by atoms with E-state index >= 15 is 0 Å². The summed E-state index contributed by atoms with van der Waals surface area (Å²) < 4.78 is 16.2. The van der Waals surface area contributed by atoms with Crippen molar-refractivity contribution >= 4 is 28.2 Å². The quantitative estimate of drug-likeness (QED) is 0.439. The number of anilines is 2. The molecule has 1 fully saturated rings. The van der Waals surface area contributed by atoms with Gasteiger partial charge in [0.05, 0.1) is 5.52 Å². The zero-order valence-electron chi connectivity index (χ0n) is 18.0. The highest BCUT2D eigenvalue weighted by atomic mass is 19.1. The van der Waals surface area contributed by atoms with E-state index in [0.717, 1.165) is 48.4 Å². The summed E-state index contributed by atoms with van der Waals surface area (Å²) >= 11 is 0. The summed E-state index contributed by atoms with van der Waals surface area (Å²) in [5.41, 5.74) is 5.49. The molecular weight excluding hydrogens is 389 g/mol. The van der Waals surface area contributed by atoms with Crippen LogP contribution in [0.15, 0.2) is 36.4 Å². The number of hydrogen-bond donors (Lipinski definition) is 0. The lowest BCUT2D eigenvalue weighted by molar-refractivity contribution is 0.516. The van der Waals surface area contributed by atoms with Gasteiger partial charge in [-0.25, -0.2) is 4.39 Å². The zero-order valence-corrected chi connectivity index (χ0v) is 18.0. The van der Waals surface area contributed by atoms with Crippen molar-refractivity contribution in [3.63, 3.8) is 0 Å². The third-order valence-corrected chi connectivity index (χ3v) is 7.16. The molecule has 158 valence electrons. The van der Waals surface area contributed by atoms with Crippen LogP contribution in [0.2, 0.25) is 0 Å². The van der Waals surface area contributed by atoms with E-state index in [0.29, 0.717) is 11.2 Å². The van der Waals surface area contributed by atoms with Gasteiger partial charge in [0.25, 0.3) is 5.78 Å². The Morgan fingerprint density at radius 1 is 1.13 bits per heavy atom. The van der Waals surface area contributed by atoms with Crippen LogP contribution in [0.5, 0.6) is 0 Å². The molecule has 6 heteroatoms. The number of aromatic nitrogens is 4. The zero-order chi connectivity index (χ0) is 21.2. The lowest BCUT2D eigenvalue weighted by atomic mass is 9.91. The van der Waals surface area contributed by atoms with Crippen LogP contribution in [-0.2, 0) is 12.8 Å². The van der Waals surface area contributed by atoms with E-state index in [-0.39, 0.29) is 5.82 Å². The van der Waals surface area contributed by atoms with Gasteiger partial charge in [-0.2, -0.15) is 4.98 Å². The van der Waals surface area contributed by atoms with E-state index in [1.165, 1.54) is 42.1 Å². The number of aryl methyl sites for hydroxylation is 2. The van der Waals surface area contributed by atoms with Crippen LogP contribution in [0.3, 0.4) is 0 Å². The molecule has 4 aromatic rings. The fourth-order valence-corrected chi connectivity index (χ4v) is 5.00. The van der Waals surface area contributed by atoms with Gasteiger partial charge in [0.2, 0.25) is 0 Å². The Morgan fingerprint density at radius 2 is 2.00 bits per heavy atom. The van der Waals surface area contributed by atoms with Crippen LogP contribution in [0.25, 0.3) is 16.7 Å². The van der Waals surface area contributed by atoms with Gasteiger partial charge < -0.3 is 4.90 Å². The molecule has 1 aliphatic heterocycles. The summed E-state index contributed by atoms with van der Waals surface area (Å²) in [4.78, 5) is 7.12. The average molecular weight is 416 g/mol. The van der Waals surface area contributed by atoms with Gasteiger partial charge in [-0.1, -0.05) is 19.1 Å². The second-order valence-corrected chi connectivity index (χ2v) is 9.46. The molecule has 0 amide bonds. The van der Waals surface area contributed by atoms with Gasteiger partial charge in [0.15, 0.2) is 0 Å². The minimum absolute atomic E-state index is 0.260. The molecule has 0 spiro atoms. The molecule has 31 heavy (non-hydrogen) atoms. The van der Waals surface area contributed by atoms with E-state index in [9.17, 15) is 4.39 Å². The molecule has 2 aromatic heterocycles. The third kappa shape index (κ3) is 3.08. The molecular formula is C25H26FN5. The molecule has 0 radical (unpaired) electrons. The highest BCUT2D eigenvalue weighted by Crippen LogP contribution is 2.49. The smallest absolute Gasteiger partial charge is 0.257 e. The van der Waals surface area contributed by atoms with Gasteiger partial charge in [-0.3, -0.25) is 4.40 Å². The average Bonchev–Trinajstić information content (AvgIpc) is 3.40. The first kappa shape index (κ1) is 18.7. The van der Waals surface area contributed by atoms with Crippen molar-refractivity contribution in [3.05, 3.63) is 59.2 Å². The van der Waals surface area contributed by atoms with Crippen molar-refractivity contribution in [1.29, 1.82) is 0 Å². The Kier molecular flexibility index (Phi) is 4.07. The Bertz CT molecular complexity index is 1320. The Morgan fingerprint density at radius 3 is 2.84 bits per heavy atom. The molecule has 3 heterocycles. The molecule has 6 rings (SSSR count). The minimum Gasteiger partial charge on any atom is -0.325 e. The Labute approximate surface area is 180 Å².